The molecule has 0 radical (unpaired) electrons. The molecule has 1 heterocycles. The fourth-order valence-electron chi connectivity index (χ4n) is 1.04. The van der Waals surface area contributed by atoms with Gasteiger partial charge in [-0.1, -0.05) is 11.3 Å². The molecule has 0 saturated carbocycles. The molecule has 120 valence electrons. The highest BCUT2D eigenvalue weighted by Gasteiger charge is 2.75. The Kier molecular flexibility index (Phi) is 4.37. The number of carbonyl (C=O) groups is 1. The summed E-state index contributed by atoms with van der Waals surface area (Å²) in [6.07, 6.45) is -6.46. The molecule has 0 saturated heterocycles. The van der Waals surface area contributed by atoms with Crippen molar-refractivity contribution in [2.75, 3.05) is 19.0 Å². The van der Waals surface area contributed by atoms with Gasteiger partial charge in [0.15, 0.2) is 5.01 Å². The van der Waals surface area contributed by atoms with Gasteiger partial charge in [0.25, 0.3) is 0 Å². The Morgan fingerprint density at radius 3 is 2.10 bits per heavy atom. The summed E-state index contributed by atoms with van der Waals surface area (Å²) in [5.74, 6) is -11.9. The monoisotopic (exact) mass is 340 g/mol. The van der Waals surface area contributed by atoms with Gasteiger partial charge < -0.3 is 5.32 Å². The number of hydrogen-bond acceptors (Lipinski definition) is 4. The summed E-state index contributed by atoms with van der Waals surface area (Å²) in [4.78, 5) is 11.8. The summed E-state index contributed by atoms with van der Waals surface area (Å²) in [5, 5.41) is 5.28. The smallest absolute Gasteiger partial charge is 0.341 e. The Morgan fingerprint density at radius 1 is 1.14 bits per heavy atom. The maximum atomic E-state index is 13.3. The van der Waals surface area contributed by atoms with Gasteiger partial charge in [-0.15, -0.1) is 10.2 Å². The number of nitrogens with one attached hydrogen (secondary N) is 1. The molecule has 0 aromatic carbocycles. The Labute approximate surface area is 116 Å². The standard InChI is InChI=1S/C8H7F7N4OS/c1-16-4(20)19(2)5-18-17-3(21-5)6(9,10)7(11,12)8(13,14)15/h1-2H3,(H,16,20). The summed E-state index contributed by atoms with van der Waals surface area (Å²) in [6, 6.07) is -0.844. The molecule has 1 aromatic rings. The number of carbonyl (C=O) groups excluding carboxylic acids is 1. The van der Waals surface area contributed by atoms with Gasteiger partial charge in [0.05, 0.1) is 0 Å². The molecule has 1 rings (SSSR count). The van der Waals surface area contributed by atoms with E-state index in [-0.39, 0.29) is 11.3 Å². The Balaban J connectivity index is 3.18. The van der Waals surface area contributed by atoms with Crippen LogP contribution < -0.4 is 10.2 Å². The maximum absolute atomic E-state index is 13.3. The quantitative estimate of drug-likeness (QED) is 0.861. The van der Waals surface area contributed by atoms with Crippen molar-refractivity contribution < 1.29 is 35.5 Å². The van der Waals surface area contributed by atoms with Crippen LogP contribution in [0, 0.1) is 0 Å². The number of alkyl halides is 7. The summed E-state index contributed by atoms with van der Waals surface area (Å²) >= 11 is -0.253. The SMILES string of the molecule is CNC(=O)N(C)c1nnc(C(F)(F)C(F)(F)C(F)(F)F)s1. The van der Waals surface area contributed by atoms with Crippen LogP contribution in [0.4, 0.5) is 40.7 Å². The maximum Gasteiger partial charge on any atom is 0.460 e. The first-order chi connectivity index (χ1) is 9.36. The largest absolute Gasteiger partial charge is 0.460 e. The highest BCUT2D eigenvalue weighted by molar-refractivity contribution is 7.15. The molecule has 1 aromatic heterocycles. The van der Waals surface area contributed by atoms with Crippen LogP contribution >= 0.6 is 11.3 Å². The minimum atomic E-state index is -6.46. The molecule has 0 spiro atoms. The van der Waals surface area contributed by atoms with Gasteiger partial charge in [0.1, 0.15) is 0 Å². The molecule has 21 heavy (non-hydrogen) atoms. The van der Waals surface area contributed by atoms with Crippen LogP contribution in [0.25, 0.3) is 0 Å². The Hall–Kier alpha value is -1.66. The predicted molar refractivity (Wildman–Crippen MR) is 57.7 cm³/mol. The Morgan fingerprint density at radius 2 is 1.67 bits per heavy atom. The van der Waals surface area contributed by atoms with E-state index in [1.165, 1.54) is 7.05 Å². The molecule has 0 atom stereocenters. The topological polar surface area (TPSA) is 58.1 Å². The minimum Gasteiger partial charge on any atom is -0.341 e. The van der Waals surface area contributed by atoms with Crippen molar-refractivity contribution in [1.29, 1.82) is 0 Å². The third-order valence-electron chi connectivity index (χ3n) is 2.24. The van der Waals surface area contributed by atoms with Crippen molar-refractivity contribution in [3.8, 4) is 0 Å². The van der Waals surface area contributed by atoms with Gasteiger partial charge in [0, 0.05) is 14.1 Å². The Bertz CT molecular complexity index is 529. The van der Waals surface area contributed by atoms with E-state index in [0.717, 1.165) is 7.05 Å². The lowest BCUT2D eigenvalue weighted by atomic mass is 10.2. The van der Waals surface area contributed by atoms with Crippen molar-refractivity contribution in [1.82, 2.24) is 15.5 Å². The third-order valence-corrected chi connectivity index (χ3v) is 3.31. The summed E-state index contributed by atoms with van der Waals surface area (Å²) in [6.45, 7) is 0. The molecule has 1 N–H and O–H groups in total. The van der Waals surface area contributed by atoms with Crippen molar-refractivity contribution in [2.24, 2.45) is 0 Å². The van der Waals surface area contributed by atoms with E-state index in [1.807, 2.05) is 0 Å². The molecule has 5 nitrogen and oxygen atoms in total. The number of anilines is 1. The minimum absolute atomic E-state index is 0.253. The molecule has 13 heteroatoms. The van der Waals surface area contributed by atoms with E-state index in [0.29, 0.717) is 4.90 Å². The number of rotatable bonds is 3. The molecule has 0 aliphatic carbocycles. The number of amides is 2. The predicted octanol–water partition coefficient (Wildman–Crippen LogP) is 2.60. The van der Waals surface area contributed by atoms with Crippen LogP contribution in [0.2, 0.25) is 0 Å². The van der Waals surface area contributed by atoms with Crippen LogP contribution in [0.15, 0.2) is 0 Å². The van der Waals surface area contributed by atoms with Crippen LogP contribution in [-0.2, 0) is 5.92 Å². The van der Waals surface area contributed by atoms with E-state index in [2.05, 4.69) is 15.5 Å². The molecule has 2 amide bonds. The highest BCUT2D eigenvalue weighted by atomic mass is 32.1. The number of halogens is 7. The van der Waals surface area contributed by atoms with Gasteiger partial charge >= 0.3 is 24.1 Å². The zero-order valence-corrected chi connectivity index (χ0v) is 11.1. The highest BCUT2D eigenvalue weighted by Crippen LogP contribution is 2.52. The molecule has 0 fully saturated rings. The van der Waals surface area contributed by atoms with Gasteiger partial charge in [-0.2, -0.15) is 30.7 Å². The second-order valence-corrected chi connectivity index (χ2v) is 4.61. The second-order valence-electron chi connectivity index (χ2n) is 3.65. The van der Waals surface area contributed by atoms with Crippen LogP contribution in [-0.4, -0.2) is 42.4 Å². The average molecular weight is 340 g/mol. The van der Waals surface area contributed by atoms with Gasteiger partial charge in [-0.05, 0) is 0 Å². The normalized spacial score (nSPS) is 13.2. The lowest BCUT2D eigenvalue weighted by molar-refractivity contribution is -0.359. The summed E-state index contributed by atoms with van der Waals surface area (Å²) in [5.41, 5.74) is 0. The van der Waals surface area contributed by atoms with Crippen LogP contribution in [0.3, 0.4) is 0 Å². The van der Waals surface area contributed by atoms with E-state index < -0.39 is 34.2 Å². The average Bonchev–Trinajstić information content (AvgIpc) is 2.85. The van der Waals surface area contributed by atoms with E-state index >= 15 is 0 Å². The first-order valence-corrected chi connectivity index (χ1v) is 5.79. The van der Waals surface area contributed by atoms with Crippen molar-refractivity contribution in [3.05, 3.63) is 5.01 Å². The fourth-order valence-corrected chi connectivity index (χ4v) is 1.86. The third kappa shape index (κ3) is 2.87. The number of aromatic nitrogens is 2. The zero-order chi connectivity index (χ0) is 16.6. The molecule has 0 aliphatic heterocycles. The van der Waals surface area contributed by atoms with Crippen LogP contribution in [0.5, 0.6) is 0 Å². The van der Waals surface area contributed by atoms with Gasteiger partial charge in [-0.25, -0.2) is 4.79 Å². The molecular formula is C8H7F7N4OS. The van der Waals surface area contributed by atoms with E-state index in [1.54, 1.807) is 0 Å². The molecule has 0 aliphatic rings. The lowest BCUT2D eigenvalue weighted by Crippen LogP contribution is -2.50. The summed E-state index contributed by atoms with van der Waals surface area (Å²) in [7, 11) is 2.23. The molecular weight excluding hydrogens is 333 g/mol. The zero-order valence-electron chi connectivity index (χ0n) is 10.3. The lowest BCUT2D eigenvalue weighted by Gasteiger charge is -2.26. The first kappa shape index (κ1) is 17.4. The summed E-state index contributed by atoms with van der Waals surface area (Å²) < 4.78 is 88.3. The van der Waals surface area contributed by atoms with Gasteiger partial charge in [0.2, 0.25) is 5.13 Å². The second kappa shape index (κ2) is 5.27. The number of urea groups is 1. The van der Waals surface area contributed by atoms with Gasteiger partial charge in [-0.3, -0.25) is 4.90 Å². The first-order valence-electron chi connectivity index (χ1n) is 4.98. The van der Waals surface area contributed by atoms with Crippen LogP contribution in [0.1, 0.15) is 5.01 Å². The molecule has 0 unspecified atom stereocenters. The van der Waals surface area contributed by atoms with Crippen molar-refractivity contribution >= 4 is 22.5 Å². The fraction of sp³-hybridized carbons (Fsp3) is 0.625. The number of hydrogen-bond donors (Lipinski definition) is 1. The molecule has 0 bridgehead atoms. The van der Waals surface area contributed by atoms with E-state index in [9.17, 15) is 35.5 Å². The van der Waals surface area contributed by atoms with Crippen molar-refractivity contribution in [2.45, 2.75) is 18.0 Å². The van der Waals surface area contributed by atoms with E-state index in [4.69, 9.17) is 0 Å². The van der Waals surface area contributed by atoms with Crippen molar-refractivity contribution in [3.63, 3.8) is 0 Å². The number of nitrogens with zero attached hydrogens (tertiary/aromatic N) is 3.